The van der Waals surface area contributed by atoms with Gasteiger partial charge in [-0.2, -0.15) is 18.4 Å². The third kappa shape index (κ3) is 4.83. The van der Waals surface area contributed by atoms with Crippen molar-refractivity contribution < 1.29 is 27.5 Å². The number of halogens is 3. The van der Waals surface area contributed by atoms with Crippen molar-refractivity contribution in [2.75, 3.05) is 11.9 Å². The Morgan fingerprint density at radius 1 is 1.24 bits per heavy atom. The fraction of sp³-hybridized carbons (Fsp3) is 0.632. The van der Waals surface area contributed by atoms with Crippen LogP contribution in [0.2, 0.25) is 0 Å². The molecule has 0 saturated carbocycles. The molecule has 0 spiro atoms. The predicted octanol–water partition coefficient (Wildman–Crippen LogP) is 4.04. The topological polar surface area (TPSA) is 91.2 Å². The molecule has 0 radical (unpaired) electrons. The van der Waals surface area contributed by atoms with Crippen LogP contribution < -0.4 is 10.6 Å². The molecule has 1 atom stereocenters. The summed E-state index contributed by atoms with van der Waals surface area (Å²) in [4.78, 5) is 25.5. The lowest BCUT2D eigenvalue weighted by Crippen LogP contribution is -2.69. The summed E-state index contributed by atoms with van der Waals surface area (Å²) in [6, 6.07) is 1.95. The van der Waals surface area contributed by atoms with Gasteiger partial charge in [-0.3, -0.25) is 4.79 Å². The third-order valence-electron chi connectivity index (χ3n) is 4.68. The van der Waals surface area contributed by atoms with Gasteiger partial charge in [0.05, 0.1) is 12.2 Å². The number of ether oxygens (including phenoxy) is 1. The van der Waals surface area contributed by atoms with E-state index in [0.717, 1.165) is 29.1 Å². The number of esters is 1. The minimum atomic E-state index is -5.20. The molecule has 1 amide bonds. The summed E-state index contributed by atoms with van der Waals surface area (Å²) in [5.41, 5.74) is -2.67. The van der Waals surface area contributed by atoms with Gasteiger partial charge >= 0.3 is 17.8 Å². The highest BCUT2D eigenvalue weighted by Gasteiger charge is 2.64. The molecule has 6 nitrogen and oxygen atoms in total. The van der Waals surface area contributed by atoms with E-state index >= 15 is 0 Å². The van der Waals surface area contributed by atoms with Gasteiger partial charge < -0.3 is 15.4 Å². The molecule has 0 fully saturated rings. The lowest BCUT2D eigenvalue weighted by molar-refractivity contribution is -0.207. The van der Waals surface area contributed by atoms with Crippen LogP contribution in [0.5, 0.6) is 0 Å². The molecule has 0 saturated heterocycles. The van der Waals surface area contributed by atoms with E-state index in [9.17, 15) is 28.0 Å². The first-order valence-electron chi connectivity index (χ1n) is 9.57. The Hall–Kier alpha value is -2.28. The van der Waals surface area contributed by atoms with E-state index in [-0.39, 0.29) is 23.6 Å². The fourth-order valence-corrected chi connectivity index (χ4v) is 4.48. The SMILES string of the molecule is CCCCC(=O)N[C@@](Nc1sc2c(c1C#N)CCCC2)(C(=O)OCC)C(F)(F)F. The van der Waals surface area contributed by atoms with Gasteiger partial charge in [-0.05, 0) is 44.6 Å². The Morgan fingerprint density at radius 2 is 1.93 bits per heavy atom. The molecule has 10 heteroatoms. The first-order valence-corrected chi connectivity index (χ1v) is 10.4. The van der Waals surface area contributed by atoms with Crippen molar-refractivity contribution in [2.24, 2.45) is 0 Å². The van der Waals surface area contributed by atoms with E-state index in [1.54, 1.807) is 6.92 Å². The van der Waals surface area contributed by atoms with Crippen molar-refractivity contribution in [1.29, 1.82) is 5.26 Å². The molecule has 1 aliphatic rings. The van der Waals surface area contributed by atoms with E-state index in [1.807, 2.05) is 11.4 Å². The monoisotopic (exact) mass is 431 g/mol. The van der Waals surface area contributed by atoms with E-state index in [0.29, 0.717) is 31.2 Å². The Balaban J connectivity index is 2.52. The number of hydrogen-bond donors (Lipinski definition) is 2. The van der Waals surface area contributed by atoms with Crippen LogP contribution >= 0.6 is 11.3 Å². The number of fused-ring (bicyclic) bond motifs is 1. The number of rotatable bonds is 8. The maximum atomic E-state index is 14.2. The number of carbonyl (C=O) groups is 2. The van der Waals surface area contributed by atoms with Crippen LogP contribution in [0.3, 0.4) is 0 Å². The van der Waals surface area contributed by atoms with Crippen molar-refractivity contribution in [3.05, 3.63) is 16.0 Å². The van der Waals surface area contributed by atoms with Crippen molar-refractivity contribution >= 4 is 28.2 Å². The summed E-state index contributed by atoms with van der Waals surface area (Å²) in [6.07, 6.45) is -1.40. The number of nitrogens with one attached hydrogen (secondary N) is 2. The third-order valence-corrected chi connectivity index (χ3v) is 5.88. The van der Waals surface area contributed by atoms with Crippen LogP contribution in [0, 0.1) is 11.3 Å². The van der Waals surface area contributed by atoms with Gasteiger partial charge in [-0.1, -0.05) is 13.3 Å². The van der Waals surface area contributed by atoms with Crippen molar-refractivity contribution in [3.8, 4) is 6.07 Å². The molecule has 0 aliphatic heterocycles. The van der Waals surface area contributed by atoms with E-state index in [2.05, 4.69) is 10.1 Å². The smallest absolute Gasteiger partial charge is 0.441 e. The highest BCUT2D eigenvalue weighted by Crippen LogP contribution is 2.41. The lowest BCUT2D eigenvalue weighted by Gasteiger charge is -2.35. The van der Waals surface area contributed by atoms with Crippen molar-refractivity contribution in [1.82, 2.24) is 5.32 Å². The average molecular weight is 431 g/mol. The summed E-state index contributed by atoms with van der Waals surface area (Å²) >= 11 is 1.02. The van der Waals surface area contributed by atoms with Crippen LogP contribution in [0.1, 0.15) is 62.0 Å². The molecule has 0 bridgehead atoms. The zero-order valence-electron chi connectivity index (χ0n) is 16.4. The molecule has 1 heterocycles. The molecule has 2 rings (SSSR count). The minimum absolute atomic E-state index is 0.0828. The molecular weight excluding hydrogens is 407 g/mol. The number of aryl methyl sites for hydroxylation is 1. The van der Waals surface area contributed by atoms with Crippen molar-refractivity contribution in [3.63, 3.8) is 0 Å². The Bertz CT molecular complexity index is 801. The zero-order chi connectivity index (χ0) is 21.7. The highest BCUT2D eigenvalue weighted by atomic mass is 32.1. The van der Waals surface area contributed by atoms with Gasteiger partial charge in [0.2, 0.25) is 5.91 Å². The molecule has 0 aromatic carbocycles. The maximum absolute atomic E-state index is 14.2. The van der Waals surface area contributed by atoms with E-state index in [1.165, 1.54) is 6.92 Å². The Morgan fingerprint density at radius 3 is 2.52 bits per heavy atom. The second-order valence-corrected chi connectivity index (χ2v) is 7.88. The van der Waals surface area contributed by atoms with Crippen LogP contribution in [0.15, 0.2) is 0 Å². The largest absolute Gasteiger partial charge is 0.463 e. The highest BCUT2D eigenvalue weighted by molar-refractivity contribution is 7.16. The minimum Gasteiger partial charge on any atom is -0.463 e. The first kappa shape index (κ1) is 23.0. The van der Waals surface area contributed by atoms with E-state index < -0.39 is 23.7 Å². The molecule has 2 N–H and O–H groups in total. The second kappa shape index (κ2) is 9.48. The molecule has 0 unspecified atom stereocenters. The fourth-order valence-electron chi connectivity index (χ4n) is 3.18. The normalized spacial score (nSPS) is 15.6. The summed E-state index contributed by atoms with van der Waals surface area (Å²) in [7, 11) is 0. The Kier molecular flexibility index (Phi) is 7.52. The van der Waals surface area contributed by atoms with Crippen LogP contribution in [0.4, 0.5) is 18.2 Å². The van der Waals surface area contributed by atoms with E-state index in [4.69, 9.17) is 0 Å². The molecule has 160 valence electrons. The molecule has 1 aromatic heterocycles. The zero-order valence-corrected chi connectivity index (χ0v) is 17.2. The van der Waals surface area contributed by atoms with Crippen molar-refractivity contribution in [2.45, 2.75) is 70.6 Å². The number of anilines is 1. The summed E-state index contributed by atoms with van der Waals surface area (Å²) < 4.78 is 47.2. The standard InChI is InChI=1S/C19H24F3N3O3S/c1-3-5-10-15(26)24-18(19(20,21)22,17(27)28-4-2)25-16-13(11-23)12-8-6-7-9-14(12)29-16/h25H,3-10H2,1-2H3,(H,24,26)/t18-/m1/s1. The molecular formula is C19H24F3N3O3S. The number of amides is 1. The van der Waals surface area contributed by atoms with Gasteiger partial charge in [0.25, 0.3) is 0 Å². The molecule has 1 aliphatic carbocycles. The molecule has 1 aromatic rings. The average Bonchev–Trinajstić information content (AvgIpc) is 3.01. The number of alkyl halides is 3. The van der Waals surface area contributed by atoms with Gasteiger partial charge in [0, 0.05) is 11.3 Å². The predicted molar refractivity (Wildman–Crippen MR) is 102 cm³/mol. The summed E-state index contributed by atoms with van der Waals surface area (Å²) in [5.74, 6) is -2.59. The quantitative estimate of drug-likeness (QED) is 0.479. The Labute approximate surface area is 171 Å². The van der Waals surface area contributed by atoms with Crippen LogP contribution in [-0.2, 0) is 27.2 Å². The van der Waals surface area contributed by atoms with Gasteiger partial charge in [0.15, 0.2) is 0 Å². The number of thiophene rings is 1. The first-order chi connectivity index (χ1) is 13.7. The van der Waals surface area contributed by atoms with Crippen LogP contribution in [0.25, 0.3) is 0 Å². The second-order valence-electron chi connectivity index (χ2n) is 6.77. The number of carbonyl (C=O) groups excluding carboxylic acids is 2. The lowest BCUT2D eigenvalue weighted by atomic mass is 9.96. The summed E-state index contributed by atoms with van der Waals surface area (Å²) in [5, 5.41) is 13.4. The molecule has 29 heavy (non-hydrogen) atoms. The maximum Gasteiger partial charge on any atom is 0.441 e. The number of nitrogens with zero attached hydrogens (tertiary/aromatic N) is 1. The van der Waals surface area contributed by atoms with Gasteiger partial charge in [-0.25, -0.2) is 4.79 Å². The van der Waals surface area contributed by atoms with Gasteiger partial charge in [-0.15, -0.1) is 11.3 Å². The summed E-state index contributed by atoms with van der Waals surface area (Å²) in [6.45, 7) is 2.88. The number of nitriles is 1. The number of hydrogen-bond acceptors (Lipinski definition) is 6. The van der Waals surface area contributed by atoms with Gasteiger partial charge in [0.1, 0.15) is 11.1 Å². The van der Waals surface area contributed by atoms with Crippen LogP contribution in [-0.4, -0.2) is 30.3 Å². The number of unbranched alkanes of at least 4 members (excludes halogenated alkanes) is 1.